The van der Waals surface area contributed by atoms with Crippen LogP contribution < -0.4 is 0 Å². The molecule has 2 aliphatic heterocycles. The summed E-state index contributed by atoms with van der Waals surface area (Å²) in [6.45, 7) is 3.97. The maximum absolute atomic E-state index is 5.25. The normalized spacial score (nSPS) is 55.3. The molecule has 2 heterocycles. The number of rotatable bonds is 2. The van der Waals surface area contributed by atoms with E-state index in [0.29, 0.717) is 0 Å². The quantitative estimate of drug-likeness (QED) is 0.510. The van der Waals surface area contributed by atoms with Gasteiger partial charge in [-0.1, -0.05) is 0 Å². The van der Waals surface area contributed by atoms with Gasteiger partial charge in [-0.25, -0.2) is 0 Å². The van der Waals surface area contributed by atoms with E-state index in [1.807, 2.05) is 13.8 Å². The topological polar surface area (TPSA) is 34.3 Å². The lowest BCUT2D eigenvalue weighted by atomic mass is 10.5. The predicted octanol–water partition coefficient (Wildman–Crippen LogP) is 0.493. The molecule has 0 aromatic carbocycles. The molecule has 52 valence electrons. The SMILES string of the molecule is CC1OC1OC1OC1C. The summed E-state index contributed by atoms with van der Waals surface area (Å²) in [7, 11) is 0. The van der Waals surface area contributed by atoms with E-state index in [9.17, 15) is 0 Å². The van der Waals surface area contributed by atoms with E-state index in [0.717, 1.165) is 0 Å². The number of ether oxygens (including phenoxy) is 3. The molecule has 2 aliphatic rings. The molecule has 0 spiro atoms. The van der Waals surface area contributed by atoms with Crippen molar-refractivity contribution < 1.29 is 14.2 Å². The van der Waals surface area contributed by atoms with E-state index in [-0.39, 0.29) is 24.8 Å². The maximum atomic E-state index is 5.25. The third kappa shape index (κ3) is 1.08. The molecule has 0 aromatic rings. The van der Waals surface area contributed by atoms with Crippen molar-refractivity contribution >= 4 is 0 Å². The lowest BCUT2D eigenvalue weighted by molar-refractivity contribution is -0.0102. The lowest BCUT2D eigenvalue weighted by Crippen LogP contribution is -2.02. The van der Waals surface area contributed by atoms with Crippen LogP contribution in [0.25, 0.3) is 0 Å². The Kier molecular flexibility index (Phi) is 1.06. The smallest absolute Gasteiger partial charge is 0.187 e. The first-order chi connectivity index (χ1) is 4.27. The molecule has 2 fully saturated rings. The standard InChI is InChI=1S/C6H10O3/c1-3-5(7-3)9-6-4(2)8-6/h3-6H,1-2H3. The van der Waals surface area contributed by atoms with E-state index in [1.165, 1.54) is 0 Å². The molecule has 0 radical (unpaired) electrons. The highest BCUT2D eigenvalue weighted by molar-refractivity contribution is 4.77. The van der Waals surface area contributed by atoms with Crippen LogP contribution in [0.5, 0.6) is 0 Å². The second kappa shape index (κ2) is 1.68. The Balaban J connectivity index is 1.69. The molecule has 2 saturated heterocycles. The average molecular weight is 130 g/mol. The summed E-state index contributed by atoms with van der Waals surface area (Å²) in [5.74, 6) is 0. The molecule has 0 aliphatic carbocycles. The van der Waals surface area contributed by atoms with Gasteiger partial charge in [0, 0.05) is 0 Å². The zero-order valence-electron chi connectivity index (χ0n) is 5.53. The van der Waals surface area contributed by atoms with Crippen LogP contribution >= 0.6 is 0 Å². The van der Waals surface area contributed by atoms with Crippen molar-refractivity contribution in [2.24, 2.45) is 0 Å². The Morgan fingerprint density at radius 2 is 1.33 bits per heavy atom. The first-order valence-electron chi connectivity index (χ1n) is 3.24. The molecule has 2 rings (SSSR count). The molecular formula is C6H10O3. The summed E-state index contributed by atoms with van der Waals surface area (Å²) in [6, 6.07) is 0. The minimum atomic E-state index is 0.0138. The summed E-state index contributed by atoms with van der Waals surface area (Å²) in [6.07, 6.45) is 0.586. The van der Waals surface area contributed by atoms with Crippen LogP contribution in [-0.4, -0.2) is 24.8 Å². The monoisotopic (exact) mass is 130 g/mol. The molecule has 3 heteroatoms. The van der Waals surface area contributed by atoms with Crippen molar-refractivity contribution in [1.82, 2.24) is 0 Å². The molecule has 9 heavy (non-hydrogen) atoms. The highest BCUT2D eigenvalue weighted by atomic mass is 16.9. The van der Waals surface area contributed by atoms with Crippen molar-refractivity contribution in [3.8, 4) is 0 Å². The molecule has 3 nitrogen and oxygen atoms in total. The van der Waals surface area contributed by atoms with E-state index in [4.69, 9.17) is 14.2 Å². The fourth-order valence-corrected chi connectivity index (χ4v) is 0.750. The highest BCUT2D eigenvalue weighted by Crippen LogP contribution is 2.31. The van der Waals surface area contributed by atoms with Crippen molar-refractivity contribution in [1.29, 1.82) is 0 Å². The van der Waals surface area contributed by atoms with Gasteiger partial charge >= 0.3 is 0 Å². The second-order valence-corrected chi connectivity index (χ2v) is 2.56. The van der Waals surface area contributed by atoms with Crippen molar-refractivity contribution in [3.05, 3.63) is 0 Å². The third-order valence-electron chi connectivity index (χ3n) is 1.58. The zero-order valence-corrected chi connectivity index (χ0v) is 5.53. The third-order valence-corrected chi connectivity index (χ3v) is 1.58. The first-order valence-corrected chi connectivity index (χ1v) is 3.24. The van der Waals surface area contributed by atoms with Gasteiger partial charge in [-0.15, -0.1) is 0 Å². The summed E-state index contributed by atoms with van der Waals surface area (Å²) >= 11 is 0. The van der Waals surface area contributed by atoms with E-state index in [1.54, 1.807) is 0 Å². The van der Waals surface area contributed by atoms with Gasteiger partial charge in [0.1, 0.15) is 12.2 Å². The number of epoxide rings is 2. The van der Waals surface area contributed by atoms with Crippen LogP contribution in [0, 0.1) is 0 Å². The Bertz CT molecular complexity index is 111. The molecule has 4 unspecified atom stereocenters. The lowest BCUT2D eigenvalue weighted by Gasteiger charge is -1.89. The molecule has 0 saturated carbocycles. The van der Waals surface area contributed by atoms with Gasteiger partial charge in [-0.05, 0) is 13.8 Å². The van der Waals surface area contributed by atoms with Crippen LogP contribution in [0.15, 0.2) is 0 Å². The van der Waals surface area contributed by atoms with E-state index < -0.39 is 0 Å². The molecular weight excluding hydrogens is 120 g/mol. The minimum Gasteiger partial charge on any atom is -0.342 e. The largest absolute Gasteiger partial charge is 0.342 e. The van der Waals surface area contributed by atoms with Gasteiger partial charge in [-0.2, -0.15) is 0 Å². The first kappa shape index (κ1) is 5.65. The fraction of sp³-hybridized carbons (Fsp3) is 1.00. The molecule has 0 aromatic heterocycles. The number of hydrogen-bond acceptors (Lipinski definition) is 3. The van der Waals surface area contributed by atoms with Gasteiger partial charge in [0.2, 0.25) is 0 Å². The van der Waals surface area contributed by atoms with Crippen LogP contribution in [-0.2, 0) is 14.2 Å². The fourth-order valence-electron chi connectivity index (χ4n) is 0.750. The minimum absolute atomic E-state index is 0.0138. The van der Waals surface area contributed by atoms with E-state index in [2.05, 4.69) is 0 Å². The Morgan fingerprint density at radius 1 is 1.00 bits per heavy atom. The van der Waals surface area contributed by atoms with Crippen LogP contribution in [0.4, 0.5) is 0 Å². The van der Waals surface area contributed by atoms with Crippen LogP contribution in [0.1, 0.15) is 13.8 Å². The Morgan fingerprint density at radius 3 is 1.56 bits per heavy atom. The highest BCUT2D eigenvalue weighted by Gasteiger charge is 2.45. The summed E-state index contributed by atoms with van der Waals surface area (Å²) in [4.78, 5) is 0. The van der Waals surface area contributed by atoms with Gasteiger partial charge in [0.05, 0.1) is 0 Å². The molecule has 4 atom stereocenters. The van der Waals surface area contributed by atoms with Crippen LogP contribution in [0.2, 0.25) is 0 Å². The van der Waals surface area contributed by atoms with Crippen molar-refractivity contribution in [2.45, 2.75) is 38.6 Å². The van der Waals surface area contributed by atoms with Crippen molar-refractivity contribution in [2.75, 3.05) is 0 Å². The number of hydrogen-bond donors (Lipinski definition) is 0. The van der Waals surface area contributed by atoms with Gasteiger partial charge in [0.15, 0.2) is 12.6 Å². The van der Waals surface area contributed by atoms with Gasteiger partial charge < -0.3 is 14.2 Å². The van der Waals surface area contributed by atoms with Gasteiger partial charge in [0.25, 0.3) is 0 Å². The predicted molar refractivity (Wildman–Crippen MR) is 29.8 cm³/mol. The molecule has 0 N–H and O–H groups in total. The Labute approximate surface area is 53.9 Å². The van der Waals surface area contributed by atoms with Crippen molar-refractivity contribution in [3.63, 3.8) is 0 Å². The molecule has 0 bridgehead atoms. The Hall–Kier alpha value is -0.120. The van der Waals surface area contributed by atoms with Crippen LogP contribution in [0.3, 0.4) is 0 Å². The summed E-state index contributed by atoms with van der Waals surface area (Å²) in [5, 5.41) is 0. The van der Waals surface area contributed by atoms with Gasteiger partial charge in [-0.3, -0.25) is 0 Å². The summed E-state index contributed by atoms with van der Waals surface area (Å²) < 4.78 is 15.3. The average Bonchev–Trinajstić information content (AvgIpc) is 2.59. The van der Waals surface area contributed by atoms with E-state index >= 15 is 0 Å². The summed E-state index contributed by atoms with van der Waals surface area (Å²) in [5.41, 5.74) is 0. The second-order valence-electron chi connectivity index (χ2n) is 2.56. The zero-order chi connectivity index (χ0) is 6.43. The molecule has 0 amide bonds. The maximum Gasteiger partial charge on any atom is 0.187 e.